The third-order valence-corrected chi connectivity index (χ3v) is 3.81. The number of benzene rings is 2. The lowest BCUT2D eigenvalue weighted by atomic mass is 10.1. The topological polar surface area (TPSA) is 48.0 Å². The molecule has 0 unspecified atom stereocenters. The maximum atomic E-state index is 11.2. The van der Waals surface area contributed by atoms with Gasteiger partial charge in [0, 0.05) is 32.7 Å². The minimum absolute atomic E-state index is 0.131. The number of primary amides is 1. The standard InChI is InChI=1S/C16H12Cl2N2O/c17-11-3-1-10(2-4-11)14-8-20(9-16(19)21)15-6-5-12(18)7-13(14)15/h1-8H,9H2,(H2,19,21). The summed E-state index contributed by atoms with van der Waals surface area (Å²) >= 11 is 12.0. The quantitative estimate of drug-likeness (QED) is 0.776. The third-order valence-electron chi connectivity index (χ3n) is 3.32. The van der Waals surface area contributed by atoms with E-state index in [9.17, 15) is 4.79 Å². The number of nitrogens with two attached hydrogens (primary N) is 1. The zero-order chi connectivity index (χ0) is 15.0. The van der Waals surface area contributed by atoms with Gasteiger partial charge in [-0.15, -0.1) is 0 Å². The summed E-state index contributed by atoms with van der Waals surface area (Å²) in [5, 5.41) is 2.30. The first-order valence-corrected chi connectivity index (χ1v) is 7.13. The molecule has 2 aromatic carbocycles. The van der Waals surface area contributed by atoms with Crippen molar-refractivity contribution in [3.05, 3.63) is 58.7 Å². The van der Waals surface area contributed by atoms with Crippen LogP contribution in [0.3, 0.4) is 0 Å². The molecule has 3 rings (SSSR count). The molecule has 0 spiro atoms. The predicted molar refractivity (Wildman–Crippen MR) is 86.6 cm³/mol. The fourth-order valence-corrected chi connectivity index (χ4v) is 2.73. The summed E-state index contributed by atoms with van der Waals surface area (Å²) in [5.41, 5.74) is 8.23. The number of halogens is 2. The Labute approximate surface area is 131 Å². The van der Waals surface area contributed by atoms with Crippen LogP contribution in [0.1, 0.15) is 0 Å². The van der Waals surface area contributed by atoms with Crippen molar-refractivity contribution in [2.24, 2.45) is 5.73 Å². The molecule has 0 radical (unpaired) electrons. The molecule has 1 amide bonds. The van der Waals surface area contributed by atoms with E-state index in [0.717, 1.165) is 22.0 Å². The summed E-state index contributed by atoms with van der Waals surface area (Å²) in [6.07, 6.45) is 1.91. The number of amides is 1. The molecule has 3 aromatic rings. The highest BCUT2D eigenvalue weighted by Crippen LogP contribution is 2.33. The molecule has 0 aliphatic carbocycles. The Morgan fingerprint density at radius 3 is 2.38 bits per heavy atom. The Hall–Kier alpha value is -1.97. The Kier molecular flexibility index (Phi) is 3.62. The van der Waals surface area contributed by atoms with Crippen molar-refractivity contribution in [1.29, 1.82) is 0 Å². The van der Waals surface area contributed by atoms with Crippen molar-refractivity contribution in [3.63, 3.8) is 0 Å². The second kappa shape index (κ2) is 5.43. The van der Waals surface area contributed by atoms with E-state index in [1.807, 2.05) is 47.2 Å². The Balaban J connectivity index is 2.23. The lowest BCUT2D eigenvalue weighted by Crippen LogP contribution is -2.17. The van der Waals surface area contributed by atoms with Crippen LogP contribution in [0.15, 0.2) is 48.7 Å². The van der Waals surface area contributed by atoms with Crippen molar-refractivity contribution in [1.82, 2.24) is 4.57 Å². The molecule has 0 aliphatic rings. The van der Waals surface area contributed by atoms with Gasteiger partial charge in [0.25, 0.3) is 0 Å². The van der Waals surface area contributed by atoms with Crippen LogP contribution in [0.25, 0.3) is 22.0 Å². The van der Waals surface area contributed by atoms with Crippen LogP contribution >= 0.6 is 23.2 Å². The lowest BCUT2D eigenvalue weighted by Gasteiger charge is -2.01. The van der Waals surface area contributed by atoms with Crippen molar-refractivity contribution in [2.75, 3.05) is 0 Å². The van der Waals surface area contributed by atoms with Crippen LogP contribution in [-0.4, -0.2) is 10.5 Å². The maximum Gasteiger partial charge on any atom is 0.237 e. The number of carbonyl (C=O) groups is 1. The molecule has 1 heterocycles. The summed E-state index contributed by atoms with van der Waals surface area (Å²) in [4.78, 5) is 11.2. The highest BCUT2D eigenvalue weighted by atomic mass is 35.5. The van der Waals surface area contributed by atoms with Crippen LogP contribution < -0.4 is 5.73 Å². The molecule has 5 heteroatoms. The van der Waals surface area contributed by atoms with Crippen LogP contribution in [0.4, 0.5) is 0 Å². The fraction of sp³-hybridized carbons (Fsp3) is 0.0625. The molecule has 1 aromatic heterocycles. The van der Waals surface area contributed by atoms with E-state index in [-0.39, 0.29) is 12.5 Å². The highest BCUT2D eigenvalue weighted by Gasteiger charge is 2.12. The summed E-state index contributed by atoms with van der Waals surface area (Å²) in [6, 6.07) is 13.1. The molecule has 0 saturated carbocycles. The van der Waals surface area contributed by atoms with E-state index in [1.165, 1.54) is 0 Å². The maximum absolute atomic E-state index is 11.2. The van der Waals surface area contributed by atoms with Crippen molar-refractivity contribution in [2.45, 2.75) is 6.54 Å². The molecule has 21 heavy (non-hydrogen) atoms. The molecule has 0 atom stereocenters. The number of nitrogens with zero attached hydrogens (tertiary/aromatic N) is 1. The molecule has 3 nitrogen and oxygen atoms in total. The first kappa shape index (κ1) is 14.0. The monoisotopic (exact) mass is 318 g/mol. The second-order valence-electron chi connectivity index (χ2n) is 4.81. The van der Waals surface area contributed by atoms with Gasteiger partial charge in [-0.05, 0) is 35.9 Å². The molecule has 0 aliphatic heterocycles. The van der Waals surface area contributed by atoms with Gasteiger partial charge in [0.15, 0.2) is 0 Å². The predicted octanol–water partition coefficient (Wildman–Crippen LogP) is 4.10. The summed E-state index contributed by atoms with van der Waals surface area (Å²) in [5.74, 6) is -0.385. The number of carbonyl (C=O) groups excluding carboxylic acids is 1. The van der Waals surface area contributed by atoms with Crippen LogP contribution in [0.2, 0.25) is 10.0 Å². The first-order chi connectivity index (χ1) is 10.0. The van der Waals surface area contributed by atoms with Gasteiger partial charge in [-0.1, -0.05) is 35.3 Å². The van der Waals surface area contributed by atoms with Gasteiger partial charge in [-0.25, -0.2) is 0 Å². The van der Waals surface area contributed by atoms with Crippen molar-refractivity contribution >= 4 is 40.0 Å². The zero-order valence-electron chi connectivity index (χ0n) is 11.0. The number of aromatic nitrogens is 1. The van der Waals surface area contributed by atoms with Gasteiger partial charge in [0.2, 0.25) is 5.91 Å². The lowest BCUT2D eigenvalue weighted by molar-refractivity contribution is -0.118. The summed E-state index contributed by atoms with van der Waals surface area (Å²) < 4.78 is 1.83. The minimum Gasteiger partial charge on any atom is -0.368 e. The molecular formula is C16H12Cl2N2O. The normalized spacial score (nSPS) is 11.0. The molecule has 0 fully saturated rings. The first-order valence-electron chi connectivity index (χ1n) is 6.37. The third kappa shape index (κ3) is 2.75. The average Bonchev–Trinajstić information content (AvgIpc) is 2.77. The van der Waals surface area contributed by atoms with Crippen molar-refractivity contribution in [3.8, 4) is 11.1 Å². The minimum atomic E-state index is -0.385. The van der Waals surface area contributed by atoms with Crippen molar-refractivity contribution < 1.29 is 4.79 Å². The van der Waals surface area contributed by atoms with Crippen LogP contribution in [0.5, 0.6) is 0 Å². The molecular weight excluding hydrogens is 307 g/mol. The Morgan fingerprint density at radius 2 is 1.71 bits per heavy atom. The van der Waals surface area contributed by atoms with Gasteiger partial charge >= 0.3 is 0 Å². The van der Waals surface area contributed by atoms with Crippen LogP contribution in [0, 0.1) is 0 Å². The number of rotatable bonds is 3. The van der Waals surface area contributed by atoms with Gasteiger partial charge in [0.1, 0.15) is 6.54 Å². The highest BCUT2D eigenvalue weighted by molar-refractivity contribution is 6.31. The van der Waals surface area contributed by atoms with Crippen LogP contribution in [-0.2, 0) is 11.3 Å². The summed E-state index contributed by atoms with van der Waals surface area (Å²) in [6.45, 7) is 0.131. The molecule has 106 valence electrons. The molecule has 2 N–H and O–H groups in total. The van der Waals surface area contributed by atoms with E-state index in [1.54, 1.807) is 6.07 Å². The Morgan fingerprint density at radius 1 is 1.05 bits per heavy atom. The number of fused-ring (bicyclic) bond motifs is 1. The largest absolute Gasteiger partial charge is 0.368 e. The number of hydrogen-bond acceptors (Lipinski definition) is 1. The molecule has 0 bridgehead atoms. The van der Waals surface area contributed by atoms with E-state index in [0.29, 0.717) is 10.0 Å². The summed E-state index contributed by atoms with van der Waals surface area (Å²) in [7, 11) is 0. The van der Waals surface area contributed by atoms with Gasteiger partial charge in [-0.2, -0.15) is 0 Å². The molecule has 0 saturated heterocycles. The SMILES string of the molecule is NC(=O)Cn1cc(-c2ccc(Cl)cc2)c2cc(Cl)ccc21. The van der Waals surface area contributed by atoms with E-state index >= 15 is 0 Å². The van der Waals surface area contributed by atoms with E-state index in [2.05, 4.69) is 0 Å². The average molecular weight is 319 g/mol. The van der Waals surface area contributed by atoms with E-state index < -0.39 is 0 Å². The smallest absolute Gasteiger partial charge is 0.237 e. The zero-order valence-corrected chi connectivity index (χ0v) is 12.5. The van der Waals surface area contributed by atoms with Gasteiger partial charge < -0.3 is 10.3 Å². The fourth-order valence-electron chi connectivity index (χ4n) is 2.43. The Bertz CT molecular complexity index is 822. The second-order valence-corrected chi connectivity index (χ2v) is 5.68. The van der Waals surface area contributed by atoms with Gasteiger partial charge in [0.05, 0.1) is 0 Å². The number of hydrogen-bond donors (Lipinski definition) is 1. The van der Waals surface area contributed by atoms with Gasteiger partial charge in [-0.3, -0.25) is 4.79 Å². The van der Waals surface area contributed by atoms with E-state index in [4.69, 9.17) is 28.9 Å².